The minimum absolute atomic E-state index is 0.00806. The lowest BCUT2D eigenvalue weighted by Crippen LogP contribution is -2.20. The summed E-state index contributed by atoms with van der Waals surface area (Å²) >= 11 is 0. The first-order valence-corrected chi connectivity index (χ1v) is 8.27. The lowest BCUT2D eigenvalue weighted by atomic mass is 9.71. The molecule has 0 saturated heterocycles. The third kappa shape index (κ3) is 2.95. The Morgan fingerprint density at radius 1 is 1.10 bits per heavy atom. The normalized spacial score (nSPS) is 25.8. The van der Waals surface area contributed by atoms with Gasteiger partial charge in [-0.25, -0.2) is 0 Å². The number of aromatic hydroxyl groups is 2. The van der Waals surface area contributed by atoms with Crippen LogP contribution in [-0.2, 0) is 6.42 Å². The van der Waals surface area contributed by atoms with E-state index in [0.29, 0.717) is 5.92 Å². The van der Waals surface area contributed by atoms with Crippen LogP contribution in [-0.4, -0.2) is 10.2 Å². The molecule has 0 radical (unpaired) electrons. The van der Waals surface area contributed by atoms with E-state index in [1.54, 1.807) is 23.3 Å². The van der Waals surface area contributed by atoms with E-state index in [4.69, 9.17) is 0 Å². The van der Waals surface area contributed by atoms with Crippen molar-refractivity contribution in [1.29, 1.82) is 0 Å². The van der Waals surface area contributed by atoms with Gasteiger partial charge in [-0.2, -0.15) is 0 Å². The standard InChI is InChI=1S/C19H26O2/c1-12-6-7-17-14(8-12)4-3-5-15(17)10-16-11-19(21)18(20)9-13(16)2/h9,11-12,15,20-21H,3-8,10H2,1-2H3. The molecule has 1 aromatic carbocycles. The number of aryl methyl sites for hydroxylation is 1. The number of rotatable bonds is 2. The lowest BCUT2D eigenvalue weighted by molar-refractivity contribution is 0.391. The van der Waals surface area contributed by atoms with Crippen LogP contribution in [0.3, 0.4) is 0 Å². The van der Waals surface area contributed by atoms with Crippen LogP contribution in [0.5, 0.6) is 11.5 Å². The Morgan fingerprint density at radius 2 is 1.86 bits per heavy atom. The number of phenolic OH excluding ortho intramolecular Hbond substituents is 2. The minimum Gasteiger partial charge on any atom is -0.504 e. The predicted molar refractivity (Wildman–Crippen MR) is 85.6 cm³/mol. The molecule has 1 aromatic rings. The maximum Gasteiger partial charge on any atom is 0.157 e. The van der Waals surface area contributed by atoms with E-state index in [1.165, 1.54) is 44.1 Å². The van der Waals surface area contributed by atoms with Gasteiger partial charge in [0.1, 0.15) is 0 Å². The number of phenols is 2. The Morgan fingerprint density at radius 3 is 2.67 bits per heavy atom. The van der Waals surface area contributed by atoms with Gasteiger partial charge >= 0.3 is 0 Å². The highest BCUT2D eigenvalue weighted by Crippen LogP contribution is 2.43. The zero-order valence-electron chi connectivity index (χ0n) is 13.2. The highest BCUT2D eigenvalue weighted by atomic mass is 16.3. The van der Waals surface area contributed by atoms with Crippen LogP contribution in [0.4, 0.5) is 0 Å². The molecule has 21 heavy (non-hydrogen) atoms. The van der Waals surface area contributed by atoms with E-state index < -0.39 is 0 Å². The van der Waals surface area contributed by atoms with Crippen molar-refractivity contribution in [2.24, 2.45) is 11.8 Å². The first kappa shape index (κ1) is 14.5. The molecule has 2 aliphatic carbocycles. The van der Waals surface area contributed by atoms with Crippen LogP contribution in [0.1, 0.15) is 56.6 Å². The molecule has 0 heterocycles. The Balaban J connectivity index is 1.84. The number of allylic oxidation sites excluding steroid dienone is 2. The molecule has 2 atom stereocenters. The molecule has 2 unspecified atom stereocenters. The first-order valence-electron chi connectivity index (χ1n) is 8.27. The molecule has 0 spiro atoms. The smallest absolute Gasteiger partial charge is 0.157 e. The SMILES string of the molecule is Cc1cc(O)c(O)cc1CC1CCCC2=C1CCC(C)C2. The highest BCUT2D eigenvalue weighted by molar-refractivity contribution is 5.45. The summed E-state index contributed by atoms with van der Waals surface area (Å²) in [6.07, 6.45) is 8.78. The van der Waals surface area contributed by atoms with Crippen molar-refractivity contribution in [3.05, 3.63) is 34.4 Å². The Hall–Kier alpha value is -1.44. The molecular formula is C19H26O2. The number of benzene rings is 1. The fraction of sp³-hybridized carbons (Fsp3) is 0.579. The van der Waals surface area contributed by atoms with Crippen molar-refractivity contribution in [1.82, 2.24) is 0 Å². The molecule has 2 aliphatic rings. The van der Waals surface area contributed by atoms with Gasteiger partial charge in [0.2, 0.25) is 0 Å². The molecule has 0 amide bonds. The minimum atomic E-state index is -0.00806. The van der Waals surface area contributed by atoms with Crippen LogP contribution in [0.15, 0.2) is 23.3 Å². The van der Waals surface area contributed by atoms with Gasteiger partial charge in [0.05, 0.1) is 0 Å². The maximum absolute atomic E-state index is 9.76. The first-order chi connectivity index (χ1) is 10.0. The van der Waals surface area contributed by atoms with Crippen LogP contribution < -0.4 is 0 Å². The Kier molecular flexibility index (Phi) is 3.97. The average molecular weight is 286 g/mol. The molecule has 2 heteroatoms. The molecule has 0 fully saturated rings. The molecule has 0 aliphatic heterocycles. The van der Waals surface area contributed by atoms with E-state index in [9.17, 15) is 10.2 Å². The topological polar surface area (TPSA) is 40.5 Å². The molecule has 114 valence electrons. The Labute approximate surface area is 127 Å². The van der Waals surface area contributed by atoms with Crippen LogP contribution >= 0.6 is 0 Å². The molecule has 0 bridgehead atoms. The third-order valence-electron chi connectivity index (χ3n) is 5.38. The summed E-state index contributed by atoms with van der Waals surface area (Å²) in [4.78, 5) is 0. The number of hydrogen-bond donors (Lipinski definition) is 2. The molecular weight excluding hydrogens is 260 g/mol. The molecule has 0 aromatic heterocycles. The summed E-state index contributed by atoms with van der Waals surface area (Å²) in [6.45, 7) is 4.39. The van der Waals surface area contributed by atoms with Gasteiger partial charge < -0.3 is 10.2 Å². The second kappa shape index (κ2) is 5.75. The van der Waals surface area contributed by atoms with Gasteiger partial charge in [-0.05, 0) is 87.0 Å². The summed E-state index contributed by atoms with van der Waals surface area (Å²) in [5, 5.41) is 19.3. The fourth-order valence-electron chi connectivity index (χ4n) is 4.16. The summed E-state index contributed by atoms with van der Waals surface area (Å²) in [5.74, 6) is 1.50. The van der Waals surface area contributed by atoms with Crippen molar-refractivity contribution in [2.45, 2.75) is 58.8 Å². The number of hydrogen-bond acceptors (Lipinski definition) is 2. The van der Waals surface area contributed by atoms with Gasteiger partial charge in [-0.3, -0.25) is 0 Å². The van der Waals surface area contributed by atoms with Crippen molar-refractivity contribution in [2.75, 3.05) is 0 Å². The van der Waals surface area contributed by atoms with E-state index in [2.05, 4.69) is 6.92 Å². The van der Waals surface area contributed by atoms with Gasteiger partial charge in [0.25, 0.3) is 0 Å². The summed E-state index contributed by atoms with van der Waals surface area (Å²) in [7, 11) is 0. The van der Waals surface area contributed by atoms with Gasteiger partial charge in [-0.15, -0.1) is 0 Å². The second-order valence-corrected chi connectivity index (χ2v) is 7.04. The summed E-state index contributed by atoms with van der Waals surface area (Å²) in [5.41, 5.74) is 5.71. The van der Waals surface area contributed by atoms with E-state index in [1.807, 2.05) is 6.92 Å². The largest absolute Gasteiger partial charge is 0.504 e. The third-order valence-corrected chi connectivity index (χ3v) is 5.38. The fourth-order valence-corrected chi connectivity index (χ4v) is 4.16. The summed E-state index contributed by atoms with van der Waals surface area (Å²) in [6, 6.07) is 3.44. The molecule has 2 N–H and O–H groups in total. The van der Waals surface area contributed by atoms with Crippen molar-refractivity contribution >= 4 is 0 Å². The second-order valence-electron chi connectivity index (χ2n) is 7.04. The van der Waals surface area contributed by atoms with Crippen LogP contribution in [0.2, 0.25) is 0 Å². The van der Waals surface area contributed by atoms with Crippen molar-refractivity contribution < 1.29 is 10.2 Å². The average Bonchev–Trinajstić information content (AvgIpc) is 2.44. The van der Waals surface area contributed by atoms with Gasteiger partial charge in [0, 0.05) is 0 Å². The molecule has 2 nitrogen and oxygen atoms in total. The lowest BCUT2D eigenvalue weighted by Gasteiger charge is -2.34. The zero-order chi connectivity index (χ0) is 15.0. The zero-order valence-corrected chi connectivity index (χ0v) is 13.2. The van der Waals surface area contributed by atoms with E-state index in [-0.39, 0.29) is 11.5 Å². The summed E-state index contributed by atoms with van der Waals surface area (Å²) < 4.78 is 0. The quantitative estimate of drug-likeness (QED) is 0.601. The van der Waals surface area contributed by atoms with Crippen molar-refractivity contribution in [3.8, 4) is 11.5 Å². The molecule has 3 rings (SSSR count). The predicted octanol–water partition coefficient (Wildman–Crippen LogP) is 4.87. The monoisotopic (exact) mass is 286 g/mol. The van der Waals surface area contributed by atoms with Crippen LogP contribution in [0, 0.1) is 18.8 Å². The molecule has 0 saturated carbocycles. The highest BCUT2D eigenvalue weighted by Gasteiger charge is 2.27. The van der Waals surface area contributed by atoms with E-state index in [0.717, 1.165) is 17.9 Å². The maximum atomic E-state index is 9.76. The van der Waals surface area contributed by atoms with Crippen LogP contribution in [0.25, 0.3) is 0 Å². The van der Waals surface area contributed by atoms with Gasteiger partial charge in [-0.1, -0.05) is 18.1 Å². The van der Waals surface area contributed by atoms with E-state index >= 15 is 0 Å². The van der Waals surface area contributed by atoms with Crippen molar-refractivity contribution in [3.63, 3.8) is 0 Å². The Bertz CT molecular complexity index is 571. The van der Waals surface area contributed by atoms with Gasteiger partial charge in [0.15, 0.2) is 11.5 Å².